The van der Waals surface area contributed by atoms with E-state index in [4.69, 9.17) is 4.74 Å². The van der Waals surface area contributed by atoms with E-state index in [1.54, 1.807) is 43.4 Å². The highest BCUT2D eigenvalue weighted by atomic mass is 127. The standard InChI is InChI=1S/C15H17F2IN2O3/c1-15(2,3)23-14(22)19-8-6-20(7-8)13(21)9-4-12(18)11(17)5-10(9)16/h4-5,8H,6-7H2,1-3H3,(H,19,22). The van der Waals surface area contributed by atoms with E-state index >= 15 is 0 Å². The van der Waals surface area contributed by atoms with Crippen LogP contribution in [-0.2, 0) is 4.74 Å². The van der Waals surface area contributed by atoms with Crippen LogP contribution in [0.2, 0.25) is 0 Å². The number of benzene rings is 1. The summed E-state index contributed by atoms with van der Waals surface area (Å²) in [5, 5.41) is 2.63. The molecule has 1 aliphatic heterocycles. The number of halogens is 3. The zero-order valence-corrected chi connectivity index (χ0v) is 15.1. The first-order valence-electron chi connectivity index (χ1n) is 7.00. The summed E-state index contributed by atoms with van der Waals surface area (Å²) in [5.41, 5.74) is -0.774. The van der Waals surface area contributed by atoms with Crippen LogP contribution in [0.25, 0.3) is 0 Å². The van der Waals surface area contributed by atoms with E-state index in [0.29, 0.717) is 6.07 Å². The molecule has 0 bridgehead atoms. The van der Waals surface area contributed by atoms with E-state index in [1.165, 1.54) is 11.0 Å². The maximum Gasteiger partial charge on any atom is 0.407 e. The van der Waals surface area contributed by atoms with Gasteiger partial charge in [-0.05, 0) is 49.4 Å². The highest BCUT2D eigenvalue weighted by Crippen LogP contribution is 2.21. The van der Waals surface area contributed by atoms with Gasteiger partial charge in [0.1, 0.15) is 17.2 Å². The molecule has 1 fully saturated rings. The van der Waals surface area contributed by atoms with E-state index in [1.807, 2.05) is 0 Å². The lowest BCUT2D eigenvalue weighted by Crippen LogP contribution is -2.61. The summed E-state index contributed by atoms with van der Waals surface area (Å²) >= 11 is 1.70. The van der Waals surface area contributed by atoms with Crippen LogP contribution < -0.4 is 5.32 Å². The molecule has 1 aromatic carbocycles. The van der Waals surface area contributed by atoms with Crippen molar-refractivity contribution in [2.45, 2.75) is 32.4 Å². The van der Waals surface area contributed by atoms with Gasteiger partial charge in [0.15, 0.2) is 0 Å². The van der Waals surface area contributed by atoms with Crippen LogP contribution in [0.15, 0.2) is 12.1 Å². The van der Waals surface area contributed by atoms with Crippen LogP contribution in [-0.4, -0.2) is 41.6 Å². The summed E-state index contributed by atoms with van der Waals surface area (Å²) in [4.78, 5) is 25.2. The Morgan fingerprint density at radius 1 is 1.26 bits per heavy atom. The van der Waals surface area contributed by atoms with Crippen molar-refractivity contribution < 1.29 is 23.1 Å². The first kappa shape index (κ1) is 17.9. The molecule has 0 saturated carbocycles. The van der Waals surface area contributed by atoms with Crippen LogP contribution in [0.1, 0.15) is 31.1 Å². The predicted octanol–water partition coefficient (Wildman–Crippen LogP) is 2.92. The molecule has 0 aromatic heterocycles. The largest absolute Gasteiger partial charge is 0.444 e. The number of amides is 2. The molecular weight excluding hydrogens is 421 g/mol. The van der Waals surface area contributed by atoms with Crippen LogP contribution >= 0.6 is 22.6 Å². The molecule has 8 heteroatoms. The molecule has 23 heavy (non-hydrogen) atoms. The maximum absolute atomic E-state index is 13.7. The van der Waals surface area contributed by atoms with Crippen molar-refractivity contribution in [3.8, 4) is 0 Å². The summed E-state index contributed by atoms with van der Waals surface area (Å²) < 4.78 is 32.2. The highest BCUT2D eigenvalue weighted by molar-refractivity contribution is 14.1. The fourth-order valence-corrected chi connectivity index (χ4v) is 2.53. The number of alkyl carbamates (subject to hydrolysis) is 1. The normalized spacial score (nSPS) is 15.1. The fraction of sp³-hybridized carbons (Fsp3) is 0.467. The molecule has 5 nitrogen and oxygen atoms in total. The summed E-state index contributed by atoms with van der Waals surface area (Å²) in [6, 6.07) is 1.64. The van der Waals surface area contributed by atoms with Crippen molar-refractivity contribution in [1.82, 2.24) is 10.2 Å². The molecule has 0 atom stereocenters. The van der Waals surface area contributed by atoms with Gasteiger partial charge in [0.2, 0.25) is 0 Å². The van der Waals surface area contributed by atoms with Crippen LogP contribution in [0.3, 0.4) is 0 Å². The summed E-state index contributed by atoms with van der Waals surface area (Å²) in [7, 11) is 0. The second-order valence-electron chi connectivity index (χ2n) is 6.30. The first-order chi connectivity index (χ1) is 10.6. The Balaban J connectivity index is 1.91. The van der Waals surface area contributed by atoms with E-state index in [-0.39, 0.29) is 28.3 Å². The minimum atomic E-state index is -0.892. The molecule has 2 rings (SSSR count). The van der Waals surface area contributed by atoms with Crippen molar-refractivity contribution >= 4 is 34.6 Å². The number of carbonyl (C=O) groups is 2. The van der Waals surface area contributed by atoms with Crippen molar-refractivity contribution in [2.24, 2.45) is 0 Å². The van der Waals surface area contributed by atoms with Gasteiger partial charge in [-0.15, -0.1) is 0 Å². The smallest absolute Gasteiger partial charge is 0.407 e. The summed E-state index contributed by atoms with van der Waals surface area (Å²) in [5.74, 6) is -2.12. The molecule has 1 aliphatic rings. The molecule has 1 saturated heterocycles. The second kappa shape index (κ2) is 6.58. The lowest BCUT2D eigenvalue weighted by atomic mass is 10.1. The molecular formula is C15H17F2IN2O3. The quantitative estimate of drug-likeness (QED) is 0.571. The Kier molecular flexibility index (Phi) is 5.12. The Morgan fingerprint density at radius 2 is 1.87 bits per heavy atom. The number of hydrogen-bond donors (Lipinski definition) is 1. The Labute approximate surface area is 146 Å². The SMILES string of the molecule is CC(C)(C)OC(=O)NC1CN(C(=O)c2cc(I)c(F)cc2F)C1. The van der Waals surface area contributed by atoms with Gasteiger partial charge in [0.05, 0.1) is 11.6 Å². The van der Waals surface area contributed by atoms with Crippen LogP contribution in [0.5, 0.6) is 0 Å². The van der Waals surface area contributed by atoms with Gasteiger partial charge in [0, 0.05) is 22.7 Å². The third-order valence-electron chi connectivity index (χ3n) is 3.13. The van der Waals surface area contributed by atoms with Crippen molar-refractivity contribution in [3.63, 3.8) is 0 Å². The lowest BCUT2D eigenvalue weighted by Gasteiger charge is -2.39. The number of nitrogens with one attached hydrogen (secondary N) is 1. The third kappa shape index (κ3) is 4.52. The number of hydrogen-bond acceptors (Lipinski definition) is 3. The number of likely N-dealkylation sites (tertiary alicyclic amines) is 1. The van der Waals surface area contributed by atoms with Crippen molar-refractivity contribution in [3.05, 3.63) is 32.9 Å². The van der Waals surface area contributed by atoms with E-state index in [0.717, 1.165) is 0 Å². The topological polar surface area (TPSA) is 58.6 Å². The van der Waals surface area contributed by atoms with Crippen molar-refractivity contribution in [1.29, 1.82) is 0 Å². The second-order valence-corrected chi connectivity index (χ2v) is 7.46. The molecule has 0 spiro atoms. The van der Waals surface area contributed by atoms with E-state index in [2.05, 4.69) is 5.32 Å². The minimum Gasteiger partial charge on any atom is -0.444 e. The van der Waals surface area contributed by atoms with Gasteiger partial charge in [-0.1, -0.05) is 0 Å². The first-order valence-corrected chi connectivity index (χ1v) is 8.08. The molecule has 1 heterocycles. The van der Waals surface area contributed by atoms with Gasteiger partial charge < -0.3 is 15.0 Å². The predicted molar refractivity (Wildman–Crippen MR) is 88.1 cm³/mol. The number of rotatable bonds is 2. The molecule has 126 valence electrons. The Hall–Kier alpha value is -1.45. The molecule has 0 radical (unpaired) electrons. The zero-order valence-electron chi connectivity index (χ0n) is 13.0. The summed E-state index contributed by atoms with van der Waals surface area (Å²) in [6.07, 6.45) is -0.558. The lowest BCUT2D eigenvalue weighted by molar-refractivity contribution is 0.0357. The Bertz CT molecular complexity index is 640. The number of nitrogens with zero attached hydrogens (tertiary/aromatic N) is 1. The van der Waals surface area contributed by atoms with Gasteiger partial charge in [-0.3, -0.25) is 4.79 Å². The van der Waals surface area contributed by atoms with Crippen LogP contribution in [0.4, 0.5) is 13.6 Å². The maximum atomic E-state index is 13.7. The zero-order chi connectivity index (χ0) is 17.4. The molecule has 0 aliphatic carbocycles. The average Bonchev–Trinajstić information content (AvgIpc) is 2.35. The molecule has 2 amide bonds. The van der Waals surface area contributed by atoms with Gasteiger partial charge >= 0.3 is 6.09 Å². The van der Waals surface area contributed by atoms with Crippen molar-refractivity contribution in [2.75, 3.05) is 13.1 Å². The number of ether oxygens (including phenoxy) is 1. The van der Waals surface area contributed by atoms with E-state index in [9.17, 15) is 18.4 Å². The summed E-state index contributed by atoms with van der Waals surface area (Å²) in [6.45, 7) is 5.77. The number of carbonyl (C=O) groups excluding carboxylic acids is 2. The van der Waals surface area contributed by atoms with Crippen LogP contribution in [0, 0.1) is 15.2 Å². The molecule has 1 aromatic rings. The molecule has 0 unspecified atom stereocenters. The third-order valence-corrected chi connectivity index (χ3v) is 3.96. The van der Waals surface area contributed by atoms with Gasteiger partial charge in [0.25, 0.3) is 5.91 Å². The van der Waals surface area contributed by atoms with E-state index < -0.39 is 29.2 Å². The Morgan fingerprint density at radius 3 is 2.43 bits per heavy atom. The minimum absolute atomic E-state index is 0.175. The highest BCUT2D eigenvalue weighted by Gasteiger charge is 2.34. The molecule has 1 N–H and O–H groups in total. The van der Waals surface area contributed by atoms with Gasteiger partial charge in [-0.25, -0.2) is 13.6 Å². The van der Waals surface area contributed by atoms with Gasteiger partial charge in [-0.2, -0.15) is 0 Å². The monoisotopic (exact) mass is 438 g/mol. The fourth-order valence-electron chi connectivity index (χ4n) is 2.07. The average molecular weight is 438 g/mol.